The summed E-state index contributed by atoms with van der Waals surface area (Å²) in [5.74, 6) is 0. The molecule has 1 aromatic rings. The monoisotopic (exact) mass is 257 g/mol. The van der Waals surface area contributed by atoms with E-state index in [4.69, 9.17) is 0 Å². The third kappa shape index (κ3) is 3.87. The normalized spacial score (nSPS) is 16.0. The SMILES string of the molecule is Cl.O=[N+]([O-])c1ccc(NC2CCNCC2)cc1. The average Bonchev–Trinajstić information content (AvgIpc) is 2.31. The molecule has 1 aliphatic heterocycles. The summed E-state index contributed by atoms with van der Waals surface area (Å²) in [6, 6.07) is 7.07. The molecule has 0 atom stereocenters. The fraction of sp³-hybridized carbons (Fsp3) is 0.455. The second-order valence-electron chi connectivity index (χ2n) is 3.97. The maximum absolute atomic E-state index is 10.5. The maximum Gasteiger partial charge on any atom is 0.269 e. The van der Waals surface area contributed by atoms with Gasteiger partial charge in [-0.15, -0.1) is 12.4 Å². The highest BCUT2D eigenvalue weighted by Crippen LogP contribution is 2.17. The number of hydrogen-bond acceptors (Lipinski definition) is 4. The summed E-state index contributed by atoms with van der Waals surface area (Å²) in [6.45, 7) is 2.06. The largest absolute Gasteiger partial charge is 0.382 e. The first kappa shape index (κ1) is 13.7. The average molecular weight is 258 g/mol. The highest BCUT2D eigenvalue weighted by atomic mass is 35.5. The van der Waals surface area contributed by atoms with Crippen LogP contribution in [0.5, 0.6) is 0 Å². The van der Waals surface area contributed by atoms with E-state index in [1.807, 2.05) is 0 Å². The number of benzene rings is 1. The predicted molar refractivity (Wildman–Crippen MR) is 69.9 cm³/mol. The Kier molecular flexibility index (Phi) is 5.18. The van der Waals surface area contributed by atoms with Crippen molar-refractivity contribution in [2.24, 2.45) is 0 Å². The van der Waals surface area contributed by atoms with Gasteiger partial charge in [-0.2, -0.15) is 0 Å². The van der Waals surface area contributed by atoms with Gasteiger partial charge < -0.3 is 10.6 Å². The first-order valence-electron chi connectivity index (χ1n) is 5.47. The molecule has 5 nitrogen and oxygen atoms in total. The van der Waals surface area contributed by atoms with Crippen LogP contribution in [0.1, 0.15) is 12.8 Å². The van der Waals surface area contributed by atoms with E-state index in [9.17, 15) is 10.1 Å². The lowest BCUT2D eigenvalue weighted by Gasteiger charge is -2.24. The summed E-state index contributed by atoms with van der Waals surface area (Å²) < 4.78 is 0. The molecular weight excluding hydrogens is 242 g/mol. The minimum Gasteiger partial charge on any atom is -0.382 e. The van der Waals surface area contributed by atoms with Crippen LogP contribution in [0.25, 0.3) is 0 Å². The summed E-state index contributed by atoms with van der Waals surface area (Å²) in [5.41, 5.74) is 1.09. The van der Waals surface area contributed by atoms with Crippen molar-refractivity contribution in [2.45, 2.75) is 18.9 Å². The number of nitrogens with one attached hydrogen (secondary N) is 2. The molecule has 0 unspecified atom stereocenters. The van der Waals surface area contributed by atoms with Gasteiger partial charge in [0.25, 0.3) is 5.69 Å². The van der Waals surface area contributed by atoms with Gasteiger partial charge in [0.15, 0.2) is 0 Å². The maximum atomic E-state index is 10.5. The second-order valence-corrected chi connectivity index (χ2v) is 3.97. The molecule has 2 N–H and O–H groups in total. The lowest BCUT2D eigenvalue weighted by atomic mass is 10.1. The third-order valence-electron chi connectivity index (χ3n) is 2.79. The Labute approximate surface area is 106 Å². The van der Waals surface area contributed by atoms with Gasteiger partial charge in [0, 0.05) is 23.9 Å². The zero-order valence-electron chi connectivity index (χ0n) is 9.39. The number of halogens is 1. The lowest BCUT2D eigenvalue weighted by molar-refractivity contribution is -0.384. The molecular formula is C11H16ClN3O2. The van der Waals surface area contributed by atoms with Crippen LogP contribution < -0.4 is 10.6 Å². The van der Waals surface area contributed by atoms with Gasteiger partial charge in [-0.05, 0) is 38.1 Å². The van der Waals surface area contributed by atoms with Gasteiger partial charge in [0.2, 0.25) is 0 Å². The van der Waals surface area contributed by atoms with Gasteiger partial charge in [0.05, 0.1) is 4.92 Å². The van der Waals surface area contributed by atoms with Crippen LogP contribution in [0.15, 0.2) is 24.3 Å². The Morgan fingerprint density at radius 2 is 1.82 bits per heavy atom. The molecule has 6 heteroatoms. The van der Waals surface area contributed by atoms with Gasteiger partial charge in [0.1, 0.15) is 0 Å². The molecule has 0 amide bonds. The molecule has 17 heavy (non-hydrogen) atoms. The van der Waals surface area contributed by atoms with Crippen LogP contribution in [-0.4, -0.2) is 24.1 Å². The number of nitro groups is 1. The van der Waals surface area contributed by atoms with E-state index < -0.39 is 0 Å². The Balaban J connectivity index is 0.00000144. The first-order valence-corrected chi connectivity index (χ1v) is 5.47. The number of non-ortho nitro benzene ring substituents is 1. The van der Waals surface area contributed by atoms with Crippen LogP contribution >= 0.6 is 12.4 Å². The second kappa shape index (κ2) is 6.42. The molecule has 94 valence electrons. The Hall–Kier alpha value is -1.33. The van der Waals surface area contributed by atoms with E-state index in [1.54, 1.807) is 12.1 Å². The molecule has 0 aromatic heterocycles. The fourth-order valence-corrected chi connectivity index (χ4v) is 1.88. The zero-order chi connectivity index (χ0) is 11.4. The van der Waals surface area contributed by atoms with Crippen molar-refractivity contribution in [3.05, 3.63) is 34.4 Å². The number of nitrogens with zero attached hydrogens (tertiary/aromatic N) is 1. The zero-order valence-corrected chi connectivity index (χ0v) is 10.2. The standard InChI is InChI=1S/C11H15N3O2.ClH/c15-14(16)11-3-1-9(2-4-11)13-10-5-7-12-8-6-10;/h1-4,10,12-13H,5-8H2;1H. The van der Waals surface area contributed by atoms with Crippen molar-refractivity contribution < 1.29 is 4.92 Å². The van der Waals surface area contributed by atoms with E-state index in [0.717, 1.165) is 31.6 Å². The minimum atomic E-state index is -0.381. The van der Waals surface area contributed by atoms with Gasteiger partial charge >= 0.3 is 0 Å². The smallest absolute Gasteiger partial charge is 0.269 e. The van der Waals surface area contributed by atoms with Gasteiger partial charge in [-0.3, -0.25) is 10.1 Å². The molecule has 0 radical (unpaired) electrons. The van der Waals surface area contributed by atoms with E-state index in [1.165, 1.54) is 12.1 Å². The Bertz CT molecular complexity index is 363. The number of anilines is 1. The molecule has 0 aliphatic carbocycles. The summed E-state index contributed by atoms with van der Waals surface area (Å²) >= 11 is 0. The van der Waals surface area contributed by atoms with Crippen molar-refractivity contribution in [1.29, 1.82) is 0 Å². The Morgan fingerprint density at radius 3 is 2.35 bits per heavy atom. The molecule has 1 fully saturated rings. The van der Waals surface area contributed by atoms with Crippen molar-refractivity contribution in [1.82, 2.24) is 5.32 Å². The fourth-order valence-electron chi connectivity index (χ4n) is 1.88. The lowest BCUT2D eigenvalue weighted by Crippen LogP contribution is -2.35. The van der Waals surface area contributed by atoms with Crippen molar-refractivity contribution >= 4 is 23.8 Å². The predicted octanol–water partition coefficient (Wildman–Crippen LogP) is 2.18. The van der Waals surface area contributed by atoms with Crippen molar-refractivity contribution in [2.75, 3.05) is 18.4 Å². The van der Waals surface area contributed by atoms with E-state index >= 15 is 0 Å². The third-order valence-corrected chi connectivity index (χ3v) is 2.79. The summed E-state index contributed by atoms with van der Waals surface area (Å²) in [5, 5.41) is 17.2. The summed E-state index contributed by atoms with van der Waals surface area (Å²) in [4.78, 5) is 10.1. The van der Waals surface area contributed by atoms with E-state index in [0.29, 0.717) is 6.04 Å². The topological polar surface area (TPSA) is 67.2 Å². The van der Waals surface area contributed by atoms with Crippen LogP contribution in [0.4, 0.5) is 11.4 Å². The molecule has 2 rings (SSSR count). The number of nitro benzene ring substituents is 1. The molecule has 0 spiro atoms. The molecule has 1 aliphatic rings. The van der Waals surface area contributed by atoms with Crippen LogP contribution in [0.2, 0.25) is 0 Å². The van der Waals surface area contributed by atoms with Gasteiger partial charge in [-0.25, -0.2) is 0 Å². The molecule has 0 bridgehead atoms. The molecule has 1 aromatic carbocycles. The van der Waals surface area contributed by atoms with Crippen molar-refractivity contribution in [3.63, 3.8) is 0 Å². The minimum absolute atomic E-state index is 0. The van der Waals surface area contributed by atoms with Crippen molar-refractivity contribution in [3.8, 4) is 0 Å². The van der Waals surface area contributed by atoms with Crippen LogP contribution in [0.3, 0.4) is 0 Å². The first-order chi connectivity index (χ1) is 7.75. The number of hydrogen-bond donors (Lipinski definition) is 2. The highest BCUT2D eigenvalue weighted by molar-refractivity contribution is 5.85. The van der Waals surface area contributed by atoms with E-state index in [-0.39, 0.29) is 23.0 Å². The molecule has 0 saturated carbocycles. The summed E-state index contributed by atoms with van der Waals surface area (Å²) in [6.07, 6.45) is 2.19. The molecule has 1 saturated heterocycles. The molecule has 1 heterocycles. The van der Waals surface area contributed by atoms with Crippen LogP contribution in [-0.2, 0) is 0 Å². The van der Waals surface area contributed by atoms with E-state index in [2.05, 4.69) is 10.6 Å². The number of rotatable bonds is 3. The summed E-state index contributed by atoms with van der Waals surface area (Å²) in [7, 11) is 0. The quantitative estimate of drug-likeness (QED) is 0.643. The van der Waals surface area contributed by atoms with Gasteiger partial charge in [-0.1, -0.05) is 0 Å². The number of piperidine rings is 1. The highest BCUT2D eigenvalue weighted by Gasteiger charge is 2.12. The van der Waals surface area contributed by atoms with Crippen LogP contribution in [0, 0.1) is 10.1 Å². The Morgan fingerprint density at radius 1 is 1.24 bits per heavy atom.